The molecule has 0 bridgehead atoms. The van der Waals surface area contributed by atoms with Gasteiger partial charge in [0.25, 0.3) is 0 Å². The van der Waals surface area contributed by atoms with Gasteiger partial charge in [-0.15, -0.1) is 0 Å². The Bertz CT molecular complexity index is 320. The van der Waals surface area contributed by atoms with Crippen molar-refractivity contribution in [1.82, 2.24) is 4.90 Å². The van der Waals surface area contributed by atoms with Crippen molar-refractivity contribution < 1.29 is 0 Å². The molecule has 1 fully saturated rings. The van der Waals surface area contributed by atoms with Gasteiger partial charge in [0, 0.05) is 0 Å². The number of rotatable bonds is 9. The monoisotopic (exact) mass is 293 g/mol. The quantitative estimate of drug-likeness (QED) is 0.703. The van der Waals surface area contributed by atoms with Gasteiger partial charge in [-0.1, -0.05) is 34.1 Å². The summed E-state index contributed by atoms with van der Waals surface area (Å²) in [7, 11) is 0. The van der Waals surface area contributed by atoms with E-state index in [4.69, 9.17) is 5.73 Å². The Morgan fingerprint density at radius 1 is 1.14 bits per heavy atom. The van der Waals surface area contributed by atoms with Crippen LogP contribution in [0.5, 0.6) is 0 Å². The van der Waals surface area contributed by atoms with Crippen LogP contribution in [-0.2, 0) is 0 Å². The number of nitrogens with zero attached hydrogens (tertiary/aromatic N) is 2. The van der Waals surface area contributed by atoms with E-state index < -0.39 is 5.54 Å². The highest BCUT2D eigenvalue weighted by atomic mass is 15.1. The summed E-state index contributed by atoms with van der Waals surface area (Å²) in [5.41, 5.74) is 5.70. The van der Waals surface area contributed by atoms with Gasteiger partial charge in [-0.05, 0) is 69.5 Å². The standard InChI is InChI=1S/C18H35N3/c1-15(2)7-11-21(12-8-16(3)4)13-9-17-6-5-10-18(17,20)14-19/h15-17H,5-13,20H2,1-4H3. The molecule has 0 aromatic heterocycles. The van der Waals surface area contributed by atoms with Crippen LogP contribution in [-0.4, -0.2) is 30.1 Å². The van der Waals surface area contributed by atoms with Crippen molar-refractivity contribution in [1.29, 1.82) is 5.26 Å². The maximum absolute atomic E-state index is 9.32. The molecule has 0 spiro atoms. The lowest BCUT2D eigenvalue weighted by Gasteiger charge is -2.29. The predicted octanol–water partition coefficient (Wildman–Crippen LogP) is 3.79. The maximum atomic E-state index is 9.32. The molecule has 0 aromatic rings. The second-order valence-electron chi connectivity index (χ2n) is 7.74. The van der Waals surface area contributed by atoms with Crippen molar-refractivity contribution in [2.45, 2.75) is 71.8 Å². The highest BCUT2D eigenvalue weighted by Gasteiger charge is 2.39. The molecule has 0 saturated heterocycles. The maximum Gasteiger partial charge on any atom is 0.107 e. The number of nitrogens with two attached hydrogens (primary N) is 1. The van der Waals surface area contributed by atoms with E-state index in [0.29, 0.717) is 5.92 Å². The smallest absolute Gasteiger partial charge is 0.107 e. The van der Waals surface area contributed by atoms with Crippen LogP contribution in [0.25, 0.3) is 0 Å². The van der Waals surface area contributed by atoms with Crippen molar-refractivity contribution in [2.75, 3.05) is 19.6 Å². The first kappa shape index (κ1) is 18.5. The Morgan fingerprint density at radius 3 is 2.19 bits per heavy atom. The summed E-state index contributed by atoms with van der Waals surface area (Å²) >= 11 is 0. The number of nitriles is 1. The van der Waals surface area contributed by atoms with E-state index in [-0.39, 0.29) is 0 Å². The van der Waals surface area contributed by atoms with Gasteiger partial charge < -0.3 is 10.6 Å². The predicted molar refractivity (Wildman–Crippen MR) is 89.8 cm³/mol. The van der Waals surface area contributed by atoms with Gasteiger partial charge in [-0.25, -0.2) is 0 Å². The van der Waals surface area contributed by atoms with Crippen molar-refractivity contribution in [3.63, 3.8) is 0 Å². The molecular weight excluding hydrogens is 258 g/mol. The summed E-state index contributed by atoms with van der Waals surface area (Å²) in [4.78, 5) is 2.59. The van der Waals surface area contributed by atoms with Crippen LogP contribution in [0.3, 0.4) is 0 Å². The summed E-state index contributed by atoms with van der Waals surface area (Å²) in [5.74, 6) is 1.90. The molecule has 1 aliphatic carbocycles. The van der Waals surface area contributed by atoms with Crippen LogP contribution in [0.4, 0.5) is 0 Å². The molecule has 0 aliphatic heterocycles. The molecule has 21 heavy (non-hydrogen) atoms. The first-order valence-corrected chi connectivity index (χ1v) is 8.80. The van der Waals surface area contributed by atoms with E-state index >= 15 is 0 Å². The van der Waals surface area contributed by atoms with Crippen LogP contribution in [0.15, 0.2) is 0 Å². The Hall–Kier alpha value is -0.590. The molecule has 1 saturated carbocycles. The third-order valence-corrected chi connectivity index (χ3v) is 4.92. The fourth-order valence-corrected chi connectivity index (χ4v) is 3.21. The van der Waals surface area contributed by atoms with E-state index in [1.54, 1.807) is 0 Å². The average molecular weight is 293 g/mol. The molecule has 3 heteroatoms. The normalized spacial score (nSPS) is 26.0. The van der Waals surface area contributed by atoms with Crippen LogP contribution in [0, 0.1) is 29.1 Å². The number of hydrogen-bond acceptors (Lipinski definition) is 3. The molecule has 1 rings (SSSR count). The van der Waals surface area contributed by atoms with Crippen LogP contribution >= 0.6 is 0 Å². The van der Waals surface area contributed by atoms with Gasteiger partial charge in [0.05, 0.1) is 6.07 Å². The zero-order chi connectivity index (χ0) is 15.9. The lowest BCUT2D eigenvalue weighted by molar-refractivity contribution is 0.216. The Kier molecular flexibility index (Phi) is 7.70. The van der Waals surface area contributed by atoms with Gasteiger partial charge >= 0.3 is 0 Å². The van der Waals surface area contributed by atoms with Gasteiger partial charge in [0.1, 0.15) is 5.54 Å². The Balaban J connectivity index is 2.46. The fraction of sp³-hybridized carbons (Fsp3) is 0.944. The second-order valence-corrected chi connectivity index (χ2v) is 7.74. The fourth-order valence-electron chi connectivity index (χ4n) is 3.21. The molecule has 0 heterocycles. The van der Waals surface area contributed by atoms with Crippen molar-refractivity contribution in [2.24, 2.45) is 23.5 Å². The van der Waals surface area contributed by atoms with Crippen LogP contribution < -0.4 is 5.73 Å². The van der Waals surface area contributed by atoms with Gasteiger partial charge in [-0.3, -0.25) is 0 Å². The van der Waals surface area contributed by atoms with Gasteiger partial charge in [0.15, 0.2) is 0 Å². The third kappa shape index (κ3) is 6.36. The van der Waals surface area contributed by atoms with Crippen LogP contribution in [0.1, 0.15) is 66.2 Å². The molecule has 0 amide bonds. The second kappa shape index (κ2) is 8.76. The minimum atomic E-state index is -0.554. The van der Waals surface area contributed by atoms with E-state index in [1.165, 1.54) is 25.9 Å². The van der Waals surface area contributed by atoms with Crippen molar-refractivity contribution in [3.05, 3.63) is 0 Å². The third-order valence-electron chi connectivity index (χ3n) is 4.92. The first-order valence-electron chi connectivity index (χ1n) is 8.80. The summed E-state index contributed by atoms with van der Waals surface area (Å²) in [6, 6.07) is 2.37. The average Bonchev–Trinajstić information content (AvgIpc) is 2.79. The van der Waals surface area contributed by atoms with Gasteiger partial charge in [-0.2, -0.15) is 5.26 Å². The topological polar surface area (TPSA) is 53.0 Å². The largest absolute Gasteiger partial charge is 0.313 e. The summed E-state index contributed by atoms with van der Waals surface area (Å²) in [5, 5.41) is 9.32. The molecule has 1 aliphatic rings. The summed E-state index contributed by atoms with van der Waals surface area (Å²) < 4.78 is 0. The zero-order valence-electron chi connectivity index (χ0n) is 14.6. The molecule has 2 atom stereocenters. The molecule has 2 N–H and O–H groups in total. The van der Waals surface area contributed by atoms with E-state index in [1.807, 2.05) is 0 Å². The van der Waals surface area contributed by atoms with E-state index in [9.17, 15) is 5.26 Å². The molecule has 3 nitrogen and oxygen atoms in total. The minimum Gasteiger partial charge on any atom is -0.313 e. The lowest BCUT2D eigenvalue weighted by atomic mass is 9.87. The zero-order valence-corrected chi connectivity index (χ0v) is 14.6. The summed E-state index contributed by atoms with van der Waals surface area (Å²) in [6.45, 7) is 12.6. The SMILES string of the molecule is CC(C)CCN(CCC(C)C)CCC1CCCC1(N)C#N. The summed E-state index contributed by atoms with van der Waals surface area (Å²) in [6.07, 6.45) is 6.73. The molecule has 0 radical (unpaired) electrons. The highest BCUT2D eigenvalue weighted by Crippen LogP contribution is 2.35. The van der Waals surface area contributed by atoms with E-state index in [2.05, 4.69) is 38.7 Å². The molecule has 2 unspecified atom stereocenters. The van der Waals surface area contributed by atoms with Crippen molar-refractivity contribution >= 4 is 0 Å². The molecule has 0 aromatic carbocycles. The minimum absolute atomic E-state index is 0.392. The highest BCUT2D eigenvalue weighted by molar-refractivity contribution is 5.11. The Morgan fingerprint density at radius 2 is 1.71 bits per heavy atom. The van der Waals surface area contributed by atoms with Gasteiger partial charge in [0.2, 0.25) is 0 Å². The Labute approximate surface area is 131 Å². The molecule has 122 valence electrons. The lowest BCUT2D eigenvalue weighted by Crippen LogP contribution is -2.43. The number of hydrogen-bond donors (Lipinski definition) is 1. The van der Waals surface area contributed by atoms with Crippen LogP contribution in [0.2, 0.25) is 0 Å². The van der Waals surface area contributed by atoms with Crippen molar-refractivity contribution in [3.8, 4) is 6.07 Å². The van der Waals surface area contributed by atoms with E-state index in [0.717, 1.165) is 44.1 Å². The first-order chi connectivity index (χ1) is 9.87. The molecular formula is C18H35N3.